The molecule has 0 atom stereocenters. The Morgan fingerprint density at radius 3 is 2.67 bits per heavy atom. The van der Waals surface area contributed by atoms with Gasteiger partial charge >= 0.3 is 0 Å². The Hall–Kier alpha value is -0.640. The Kier molecular flexibility index (Phi) is 6.94. The number of hydrogen-bond donors (Lipinski definition) is 1. The van der Waals surface area contributed by atoms with Gasteiger partial charge in [-0.3, -0.25) is 0 Å². The van der Waals surface area contributed by atoms with Gasteiger partial charge in [0.2, 0.25) is 0 Å². The van der Waals surface area contributed by atoms with Crippen LogP contribution in [0.2, 0.25) is 0 Å². The minimum Gasteiger partial charge on any atom is -0.384 e. The Balaban J connectivity index is 2.16. The summed E-state index contributed by atoms with van der Waals surface area (Å²) in [5.74, 6) is 4.08. The molecule has 2 N–H and O–H groups in total. The fraction of sp³-hybridized carbons (Fsp3) is 0.824. The summed E-state index contributed by atoms with van der Waals surface area (Å²) in [4.78, 5) is 4.99. The van der Waals surface area contributed by atoms with Gasteiger partial charge < -0.3 is 10.3 Å². The zero-order chi connectivity index (χ0) is 15.1. The monoisotopic (exact) mass is 309 g/mol. The second-order valence-electron chi connectivity index (χ2n) is 6.24. The number of nitrogen functional groups attached to an aromatic ring is 1. The van der Waals surface area contributed by atoms with Crippen molar-refractivity contribution >= 4 is 17.6 Å². The first kappa shape index (κ1) is 16.7. The van der Waals surface area contributed by atoms with Gasteiger partial charge in [0, 0.05) is 12.5 Å². The lowest BCUT2D eigenvalue weighted by atomic mass is 9.88. The van der Waals surface area contributed by atoms with Gasteiger partial charge in [0.05, 0.1) is 5.69 Å². The highest BCUT2D eigenvalue weighted by molar-refractivity contribution is 7.98. The second-order valence-corrected chi connectivity index (χ2v) is 7.22. The minimum absolute atomic E-state index is 0.646. The Morgan fingerprint density at radius 1 is 1.24 bits per heavy atom. The van der Waals surface area contributed by atoms with Crippen LogP contribution in [-0.4, -0.2) is 21.6 Å². The normalized spacial score (nSPS) is 16.5. The highest BCUT2D eigenvalue weighted by Crippen LogP contribution is 2.34. The zero-order valence-corrected chi connectivity index (χ0v) is 14.6. The molecule has 0 aliphatic heterocycles. The van der Waals surface area contributed by atoms with Gasteiger partial charge in [-0.1, -0.05) is 32.6 Å². The lowest BCUT2D eigenvalue weighted by Gasteiger charge is -2.22. The van der Waals surface area contributed by atoms with Crippen LogP contribution in [0.1, 0.15) is 75.7 Å². The summed E-state index contributed by atoms with van der Waals surface area (Å²) in [6.45, 7) is 3.29. The van der Waals surface area contributed by atoms with Gasteiger partial charge in [0.15, 0.2) is 0 Å². The zero-order valence-electron chi connectivity index (χ0n) is 13.7. The fourth-order valence-electron chi connectivity index (χ4n) is 3.33. The molecule has 0 radical (unpaired) electrons. The number of aryl methyl sites for hydroxylation is 1. The van der Waals surface area contributed by atoms with Crippen LogP contribution in [0.5, 0.6) is 0 Å². The van der Waals surface area contributed by atoms with Crippen molar-refractivity contribution in [3.63, 3.8) is 0 Å². The first-order chi connectivity index (χ1) is 10.3. The molecule has 0 unspecified atom stereocenters. The number of rotatable bonds is 8. The van der Waals surface area contributed by atoms with Crippen molar-refractivity contribution in [2.45, 2.75) is 77.2 Å². The highest BCUT2D eigenvalue weighted by atomic mass is 32.2. The summed E-state index contributed by atoms with van der Waals surface area (Å²) in [5.41, 5.74) is 7.58. The number of anilines is 1. The third kappa shape index (κ3) is 4.41. The maximum absolute atomic E-state index is 6.43. The number of unbranched alkanes of at least 4 members (excludes halogenated alkanes) is 1. The van der Waals surface area contributed by atoms with Crippen LogP contribution in [0, 0.1) is 0 Å². The number of thioether (sulfide) groups is 1. The Bertz CT molecular complexity index is 422. The van der Waals surface area contributed by atoms with Gasteiger partial charge in [-0.25, -0.2) is 4.98 Å². The van der Waals surface area contributed by atoms with Crippen molar-refractivity contribution in [3.8, 4) is 0 Å². The number of aromatic nitrogens is 2. The summed E-state index contributed by atoms with van der Waals surface area (Å²) < 4.78 is 2.34. The van der Waals surface area contributed by atoms with Crippen molar-refractivity contribution in [1.29, 1.82) is 0 Å². The second kappa shape index (κ2) is 8.72. The van der Waals surface area contributed by atoms with E-state index in [1.54, 1.807) is 0 Å². The van der Waals surface area contributed by atoms with Gasteiger partial charge in [0.25, 0.3) is 0 Å². The molecule has 1 saturated carbocycles. The lowest BCUT2D eigenvalue weighted by Crippen LogP contribution is -2.14. The van der Waals surface area contributed by atoms with E-state index in [1.165, 1.54) is 62.9 Å². The van der Waals surface area contributed by atoms with Crippen molar-refractivity contribution in [2.24, 2.45) is 0 Å². The van der Waals surface area contributed by atoms with Crippen LogP contribution < -0.4 is 5.73 Å². The molecule has 0 spiro atoms. The van der Waals surface area contributed by atoms with Crippen LogP contribution >= 0.6 is 11.8 Å². The van der Waals surface area contributed by atoms with E-state index < -0.39 is 0 Å². The third-order valence-corrected chi connectivity index (χ3v) is 5.28. The summed E-state index contributed by atoms with van der Waals surface area (Å²) in [7, 11) is 0. The van der Waals surface area contributed by atoms with Gasteiger partial charge in [-0.05, 0) is 44.1 Å². The predicted molar refractivity (Wildman–Crippen MR) is 94.1 cm³/mol. The molecule has 2 rings (SSSR count). The van der Waals surface area contributed by atoms with Gasteiger partial charge in [0.1, 0.15) is 11.6 Å². The van der Waals surface area contributed by atoms with Crippen molar-refractivity contribution in [2.75, 3.05) is 17.7 Å². The molecule has 120 valence electrons. The van der Waals surface area contributed by atoms with Gasteiger partial charge in [-0.2, -0.15) is 11.8 Å². The molecule has 1 heterocycles. The van der Waals surface area contributed by atoms with E-state index in [4.69, 9.17) is 10.7 Å². The van der Waals surface area contributed by atoms with Crippen LogP contribution in [0.4, 0.5) is 5.82 Å². The molecule has 1 aliphatic carbocycles. The molecule has 0 aromatic carbocycles. The first-order valence-corrected chi connectivity index (χ1v) is 10.0. The molecular weight excluding hydrogens is 278 g/mol. The van der Waals surface area contributed by atoms with E-state index in [2.05, 4.69) is 17.7 Å². The molecular formula is C17H31N3S. The molecule has 0 bridgehead atoms. The van der Waals surface area contributed by atoms with Crippen molar-refractivity contribution < 1.29 is 0 Å². The Morgan fingerprint density at radius 2 is 2.00 bits per heavy atom. The molecule has 0 saturated heterocycles. The summed E-state index contributed by atoms with van der Waals surface area (Å²) in [5, 5.41) is 0. The maximum atomic E-state index is 6.43. The van der Waals surface area contributed by atoms with E-state index in [-0.39, 0.29) is 0 Å². The van der Waals surface area contributed by atoms with E-state index >= 15 is 0 Å². The smallest absolute Gasteiger partial charge is 0.126 e. The number of imidazole rings is 1. The maximum Gasteiger partial charge on any atom is 0.126 e. The Labute approximate surface area is 134 Å². The molecule has 21 heavy (non-hydrogen) atoms. The fourth-order valence-corrected chi connectivity index (χ4v) is 3.76. The summed E-state index contributed by atoms with van der Waals surface area (Å²) in [6, 6.07) is 0. The SMILES string of the molecule is CCCCn1c(C2CCCCC2)nc(CCCSC)c1N. The molecule has 1 aliphatic rings. The molecule has 1 aromatic heterocycles. The molecule has 3 nitrogen and oxygen atoms in total. The van der Waals surface area contributed by atoms with E-state index in [0.29, 0.717) is 5.92 Å². The first-order valence-electron chi connectivity index (χ1n) is 8.61. The average molecular weight is 310 g/mol. The van der Waals surface area contributed by atoms with Crippen molar-refractivity contribution in [3.05, 3.63) is 11.5 Å². The van der Waals surface area contributed by atoms with E-state index in [0.717, 1.165) is 24.5 Å². The summed E-state index contributed by atoms with van der Waals surface area (Å²) >= 11 is 1.90. The minimum atomic E-state index is 0.646. The van der Waals surface area contributed by atoms with Crippen LogP contribution in [-0.2, 0) is 13.0 Å². The number of nitrogens with two attached hydrogens (primary N) is 1. The largest absolute Gasteiger partial charge is 0.384 e. The molecule has 1 fully saturated rings. The average Bonchev–Trinajstić information content (AvgIpc) is 2.83. The summed E-state index contributed by atoms with van der Waals surface area (Å²) in [6.07, 6.45) is 13.5. The van der Waals surface area contributed by atoms with Gasteiger partial charge in [-0.15, -0.1) is 0 Å². The van der Waals surface area contributed by atoms with Crippen LogP contribution in [0.25, 0.3) is 0 Å². The van der Waals surface area contributed by atoms with Crippen LogP contribution in [0.3, 0.4) is 0 Å². The highest BCUT2D eigenvalue weighted by Gasteiger charge is 2.23. The van der Waals surface area contributed by atoms with Crippen LogP contribution in [0.15, 0.2) is 0 Å². The predicted octanol–water partition coefficient (Wildman–Crippen LogP) is 4.61. The molecule has 1 aromatic rings. The lowest BCUT2D eigenvalue weighted by molar-refractivity contribution is 0.413. The van der Waals surface area contributed by atoms with E-state index in [9.17, 15) is 0 Å². The quantitative estimate of drug-likeness (QED) is 0.713. The molecule has 4 heteroatoms. The number of hydrogen-bond acceptors (Lipinski definition) is 3. The molecule has 0 amide bonds. The van der Waals surface area contributed by atoms with Crippen molar-refractivity contribution in [1.82, 2.24) is 9.55 Å². The topological polar surface area (TPSA) is 43.8 Å². The third-order valence-electron chi connectivity index (χ3n) is 4.58. The van der Waals surface area contributed by atoms with E-state index in [1.807, 2.05) is 11.8 Å². The number of nitrogens with zero attached hydrogens (tertiary/aromatic N) is 2. The standard InChI is InChI=1S/C17H31N3S/c1-3-4-12-20-16(18)15(11-8-13-21-2)19-17(20)14-9-6-5-7-10-14/h14H,3-13,18H2,1-2H3.